The van der Waals surface area contributed by atoms with Crippen LogP contribution >= 0.6 is 11.8 Å². The van der Waals surface area contributed by atoms with Gasteiger partial charge in [0.05, 0.1) is 4.91 Å². The maximum atomic E-state index is 13.3. The van der Waals surface area contributed by atoms with Crippen LogP contribution in [0.1, 0.15) is 13.8 Å². The molecule has 0 aliphatic rings. The number of aryl methyl sites for hydroxylation is 1. The van der Waals surface area contributed by atoms with Gasteiger partial charge in [-0.25, -0.2) is 19.2 Å². The Balaban J connectivity index is 2.42. The Bertz CT molecular complexity index is 1290. The normalized spacial score (nSPS) is 12.2. The number of benzene rings is 1. The maximum absolute atomic E-state index is 13.3. The summed E-state index contributed by atoms with van der Waals surface area (Å²) >= 11 is 0.810. The van der Waals surface area contributed by atoms with Gasteiger partial charge < -0.3 is 5.11 Å². The van der Waals surface area contributed by atoms with E-state index in [0.29, 0.717) is 5.56 Å². The molecule has 8 nitrogen and oxygen atoms in total. The van der Waals surface area contributed by atoms with Gasteiger partial charge in [-0.1, -0.05) is 11.8 Å². The van der Waals surface area contributed by atoms with Crippen molar-refractivity contribution in [2.75, 3.05) is 0 Å². The Morgan fingerprint density at radius 3 is 2.24 bits per heavy atom. The van der Waals surface area contributed by atoms with E-state index in [0.717, 1.165) is 16.3 Å². The SMILES string of the molecule is CC(=O)/C(Sc1nc(-c2ccc(F)cc2)nc2c1c(=O)n(C)c(=O)n2C)=C(\C)O. The summed E-state index contributed by atoms with van der Waals surface area (Å²) in [6, 6.07) is 5.39. The molecule has 150 valence electrons. The Morgan fingerprint density at radius 1 is 1.07 bits per heavy atom. The number of allylic oxidation sites excluding steroid dienone is 2. The van der Waals surface area contributed by atoms with Crippen LogP contribution in [0.3, 0.4) is 0 Å². The Morgan fingerprint density at radius 2 is 1.69 bits per heavy atom. The average molecular weight is 416 g/mol. The van der Waals surface area contributed by atoms with Gasteiger partial charge in [-0.3, -0.25) is 18.7 Å². The van der Waals surface area contributed by atoms with Crippen LogP contribution < -0.4 is 11.2 Å². The highest BCUT2D eigenvalue weighted by atomic mass is 32.2. The molecule has 0 bridgehead atoms. The van der Waals surface area contributed by atoms with Crippen molar-refractivity contribution >= 4 is 28.6 Å². The van der Waals surface area contributed by atoms with Crippen LogP contribution in [-0.2, 0) is 18.9 Å². The number of hydrogen-bond donors (Lipinski definition) is 1. The molecule has 10 heteroatoms. The average Bonchev–Trinajstić information content (AvgIpc) is 2.68. The second-order valence-corrected chi connectivity index (χ2v) is 7.34. The third-order valence-electron chi connectivity index (χ3n) is 4.22. The van der Waals surface area contributed by atoms with Crippen molar-refractivity contribution in [2.45, 2.75) is 18.9 Å². The molecule has 2 heterocycles. The number of aliphatic hydroxyl groups excluding tert-OH is 1. The quantitative estimate of drug-likeness (QED) is 0.301. The number of fused-ring (bicyclic) bond motifs is 1. The maximum Gasteiger partial charge on any atom is 0.332 e. The van der Waals surface area contributed by atoms with Crippen LogP contribution in [0.4, 0.5) is 4.39 Å². The second-order valence-electron chi connectivity index (χ2n) is 6.34. The topological polar surface area (TPSA) is 107 Å². The van der Waals surface area contributed by atoms with Gasteiger partial charge >= 0.3 is 5.69 Å². The first-order valence-corrected chi connectivity index (χ1v) is 9.25. The monoisotopic (exact) mass is 416 g/mol. The van der Waals surface area contributed by atoms with Crippen molar-refractivity contribution < 1.29 is 14.3 Å². The highest BCUT2D eigenvalue weighted by Crippen LogP contribution is 2.32. The molecular formula is C19H17FN4O4S. The van der Waals surface area contributed by atoms with Gasteiger partial charge in [-0.05, 0) is 38.1 Å². The molecule has 1 aromatic carbocycles. The van der Waals surface area contributed by atoms with E-state index in [2.05, 4.69) is 9.97 Å². The standard InChI is InChI=1S/C19H17FN4O4S/c1-9(25)14(10(2)26)29-17-13-16(23(3)19(28)24(4)18(13)27)21-15(22-17)11-5-7-12(20)8-6-11/h5-8,25H,1-4H3/b14-9-. The molecule has 0 saturated carbocycles. The van der Waals surface area contributed by atoms with Crippen molar-refractivity contribution in [3.05, 3.63) is 61.6 Å². The summed E-state index contributed by atoms with van der Waals surface area (Å²) in [6.07, 6.45) is 0. The molecule has 3 rings (SSSR count). The van der Waals surface area contributed by atoms with Crippen LogP contribution in [0.25, 0.3) is 22.4 Å². The summed E-state index contributed by atoms with van der Waals surface area (Å²) in [5.74, 6) is -0.934. The van der Waals surface area contributed by atoms with Gasteiger partial charge in [0.1, 0.15) is 22.0 Å². The van der Waals surface area contributed by atoms with Gasteiger partial charge in [0.15, 0.2) is 17.3 Å². The Kier molecular flexibility index (Phi) is 5.38. The molecule has 0 saturated heterocycles. The van der Waals surface area contributed by atoms with Crippen LogP contribution in [-0.4, -0.2) is 30.0 Å². The summed E-state index contributed by atoms with van der Waals surface area (Å²) in [4.78, 5) is 45.8. The lowest BCUT2D eigenvalue weighted by molar-refractivity contribution is -0.113. The highest BCUT2D eigenvalue weighted by Gasteiger charge is 2.21. The van der Waals surface area contributed by atoms with E-state index in [-0.39, 0.29) is 32.5 Å². The van der Waals surface area contributed by atoms with Gasteiger partial charge in [0, 0.05) is 19.7 Å². The third kappa shape index (κ3) is 3.70. The van der Waals surface area contributed by atoms with Crippen molar-refractivity contribution in [1.29, 1.82) is 0 Å². The third-order valence-corrected chi connectivity index (χ3v) is 5.49. The van der Waals surface area contributed by atoms with Crippen molar-refractivity contribution in [1.82, 2.24) is 19.1 Å². The van der Waals surface area contributed by atoms with E-state index in [1.54, 1.807) is 0 Å². The fourth-order valence-corrected chi connectivity index (χ4v) is 3.63. The van der Waals surface area contributed by atoms with E-state index in [1.165, 1.54) is 56.8 Å². The molecule has 0 fully saturated rings. The number of carbonyl (C=O) groups is 1. The van der Waals surface area contributed by atoms with Crippen LogP contribution in [0, 0.1) is 5.82 Å². The van der Waals surface area contributed by atoms with Crippen molar-refractivity contribution in [2.24, 2.45) is 14.1 Å². The largest absolute Gasteiger partial charge is 0.511 e. The number of Topliss-reactive ketones (excluding diaryl/α,β-unsaturated/α-hetero) is 1. The minimum absolute atomic E-state index is 0.00552. The molecule has 0 atom stereocenters. The number of ketones is 1. The summed E-state index contributed by atoms with van der Waals surface area (Å²) < 4.78 is 15.4. The molecule has 0 aliphatic carbocycles. The number of hydrogen-bond acceptors (Lipinski definition) is 7. The molecule has 0 amide bonds. The van der Waals surface area contributed by atoms with Gasteiger partial charge in [0.25, 0.3) is 5.56 Å². The summed E-state index contributed by atoms with van der Waals surface area (Å²) in [7, 11) is 2.78. The smallest absolute Gasteiger partial charge is 0.332 e. The molecule has 0 aliphatic heterocycles. The van der Waals surface area contributed by atoms with Crippen molar-refractivity contribution in [3.63, 3.8) is 0 Å². The number of carbonyl (C=O) groups excluding carboxylic acids is 1. The van der Waals surface area contributed by atoms with Crippen LogP contribution in [0.2, 0.25) is 0 Å². The molecule has 29 heavy (non-hydrogen) atoms. The first-order valence-electron chi connectivity index (χ1n) is 8.44. The zero-order valence-electron chi connectivity index (χ0n) is 16.1. The van der Waals surface area contributed by atoms with Gasteiger partial charge in [-0.15, -0.1) is 0 Å². The number of halogens is 1. The second kappa shape index (κ2) is 7.63. The fourth-order valence-electron chi connectivity index (χ4n) is 2.73. The molecule has 1 N–H and O–H groups in total. The molecule has 3 aromatic rings. The zero-order chi connectivity index (χ0) is 21.5. The Labute approximate surface area is 168 Å². The van der Waals surface area contributed by atoms with Crippen LogP contribution in [0.15, 0.2) is 49.5 Å². The predicted octanol–water partition coefficient (Wildman–Crippen LogP) is 2.30. The Hall–Kier alpha value is -3.27. The fraction of sp³-hybridized carbons (Fsp3) is 0.211. The molecule has 0 radical (unpaired) electrons. The van der Waals surface area contributed by atoms with E-state index < -0.39 is 22.8 Å². The zero-order valence-corrected chi connectivity index (χ0v) is 16.9. The van der Waals surface area contributed by atoms with E-state index in [9.17, 15) is 23.9 Å². The lowest BCUT2D eigenvalue weighted by Gasteiger charge is -2.12. The number of nitrogens with zero attached hydrogens (tertiary/aromatic N) is 4. The van der Waals surface area contributed by atoms with Crippen LogP contribution in [0.5, 0.6) is 0 Å². The van der Waals surface area contributed by atoms with E-state index in [4.69, 9.17) is 0 Å². The number of aliphatic hydroxyl groups is 1. The van der Waals surface area contributed by atoms with Crippen molar-refractivity contribution in [3.8, 4) is 11.4 Å². The minimum atomic E-state index is -0.630. The van der Waals surface area contributed by atoms with Gasteiger partial charge in [0.2, 0.25) is 0 Å². The summed E-state index contributed by atoms with van der Waals surface area (Å²) in [6.45, 7) is 2.63. The van der Waals surface area contributed by atoms with Gasteiger partial charge in [-0.2, -0.15) is 0 Å². The molecule has 0 spiro atoms. The summed E-state index contributed by atoms with van der Waals surface area (Å²) in [5.41, 5.74) is -0.691. The number of thioether (sulfide) groups is 1. The van der Waals surface area contributed by atoms with E-state index in [1.807, 2.05) is 0 Å². The van der Waals surface area contributed by atoms with E-state index >= 15 is 0 Å². The lowest BCUT2D eigenvalue weighted by Crippen LogP contribution is -2.37. The first kappa shape index (κ1) is 20.5. The molecular weight excluding hydrogens is 399 g/mol. The molecule has 2 aromatic heterocycles. The number of aromatic nitrogens is 4. The minimum Gasteiger partial charge on any atom is -0.511 e. The first-order chi connectivity index (χ1) is 13.6. The lowest BCUT2D eigenvalue weighted by atomic mass is 10.2. The predicted molar refractivity (Wildman–Crippen MR) is 107 cm³/mol. The molecule has 0 unspecified atom stereocenters. The highest BCUT2D eigenvalue weighted by molar-refractivity contribution is 8.04. The number of rotatable bonds is 4. The summed E-state index contributed by atoms with van der Waals surface area (Å²) in [5, 5.41) is 10.0.